The molecule has 0 bridgehead atoms. The van der Waals surface area contributed by atoms with Gasteiger partial charge < -0.3 is 20.3 Å². The van der Waals surface area contributed by atoms with Crippen molar-refractivity contribution in [2.75, 3.05) is 11.9 Å². The van der Waals surface area contributed by atoms with Crippen molar-refractivity contribution in [3.8, 4) is 6.07 Å². The summed E-state index contributed by atoms with van der Waals surface area (Å²) in [6, 6.07) is 12.9. The monoisotopic (exact) mass is 520 g/mol. The average Bonchev–Trinajstić information content (AvgIpc) is 2.80. The number of para-hydroxylation sites is 1. The second-order valence-electron chi connectivity index (χ2n) is 11.0. The summed E-state index contributed by atoms with van der Waals surface area (Å²) >= 11 is 0. The molecule has 2 atom stereocenters. The predicted molar refractivity (Wildman–Crippen MR) is 148 cm³/mol. The van der Waals surface area contributed by atoms with E-state index in [2.05, 4.69) is 10.6 Å². The van der Waals surface area contributed by atoms with Crippen LogP contribution in [0, 0.1) is 38.0 Å². The molecule has 0 radical (unpaired) electrons. The van der Waals surface area contributed by atoms with Crippen molar-refractivity contribution >= 4 is 23.6 Å². The third-order valence-electron chi connectivity index (χ3n) is 5.90. The zero-order chi connectivity index (χ0) is 28.6. The lowest BCUT2D eigenvalue weighted by Gasteiger charge is -2.33. The molecule has 8 nitrogen and oxygen atoms in total. The van der Waals surface area contributed by atoms with Gasteiger partial charge in [0.05, 0.1) is 6.07 Å². The van der Waals surface area contributed by atoms with Crippen LogP contribution < -0.4 is 10.6 Å². The molecule has 0 fully saturated rings. The summed E-state index contributed by atoms with van der Waals surface area (Å²) in [4.78, 5) is 41.7. The molecule has 38 heavy (non-hydrogen) atoms. The Morgan fingerprint density at radius 1 is 1.00 bits per heavy atom. The number of carbonyl (C=O) groups excluding carboxylic acids is 3. The zero-order valence-electron chi connectivity index (χ0n) is 23.7. The van der Waals surface area contributed by atoms with Gasteiger partial charge in [0.15, 0.2) is 0 Å². The first kappa shape index (κ1) is 30.4. The molecule has 204 valence electrons. The Morgan fingerprint density at radius 3 is 2.08 bits per heavy atom. The molecular formula is C30H40N4O4. The van der Waals surface area contributed by atoms with Gasteiger partial charge >= 0.3 is 6.09 Å². The number of alkyl carbamates (subject to hydrolysis) is 1. The maximum Gasteiger partial charge on any atom is 0.408 e. The highest BCUT2D eigenvalue weighted by Gasteiger charge is 2.36. The molecule has 0 aromatic heterocycles. The number of carbonyl (C=O) groups is 3. The maximum absolute atomic E-state index is 14.0. The number of aryl methyl sites for hydroxylation is 3. The smallest absolute Gasteiger partial charge is 0.408 e. The molecule has 0 aliphatic rings. The number of anilines is 1. The fourth-order valence-electron chi connectivity index (χ4n) is 4.14. The van der Waals surface area contributed by atoms with Crippen LogP contribution in [0.25, 0.3) is 0 Å². The van der Waals surface area contributed by atoms with Gasteiger partial charge in [-0.2, -0.15) is 5.26 Å². The van der Waals surface area contributed by atoms with E-state index in [4.69, 9.17) is 4.74 Å². The van der Waals surface area contributed by atoms with Crippen LogP contribution in [-0.4, -0.2) is 41.0 Å². The van der Waals surface area contributed by atoms with Crippen LogP contribution in [0.15, 0.2) is 42.5 Å². The van der Waals surface area contributed by atoms with E-state index in [0.29, 0.717) is 17.7 Å². The molecule has 2 aromatic rings. The van der Waals surface area contributed by atoms with Crippen LogP contribution in [-0.2, 0) is 14.3 Å². The lowest BCUT2D eigenvalue weighted by Crippen LogP contribution is -2.53. The summed E-state index contributed by atoms with van der Waals surface area (Å²) in [6.45, 7) is 14.4. The number of benzene rings is 2. The van der Waals surface area contributed by atoms with Crippen LogP contribution in [0.4, 0.5) is 10.5 Å². The third kappa shape index (κ3) is 8.62. The van der Waals surface area contributed by atoms with E-state index in [1.165, 1.54) is 4.90 Å². The number of rotatable bonds is 9. The number of hydrogen-bond acceptors (Lipinski definition) is 5. The van der Waals surface area contributed by atoms with E-state index >= 15 is 0 Å². The average molecular weight is 521 g/mol. The summed E-state index contributed by atoms with van der Waals surface area (Å²) in [5.41, 5.74) is 3.21. The van der Waals surface area contributed by atoms with Crippen LogP contribution in [0.5, 0.6) is 0 Å². The molecule has 2 N–H and O–H groups in total. The van der Waals surface area contributed by atoms with Crippen molar-refractivity contribution in [2.45, 2.75) is 79.5 Å². The number of hydrogen-bond donors (Lipinski definition) is 2. The maximum atomic E-state index is 14.0. The Kier molecular flexibility index (Phi) is 10.5. The van der Waals surface area contributed by atoms with Crippen LogP contribution >= 0.6 is 0 Å². The minimum atomic E-state index is -1.10. The molecule has 0 spiro atoms. The lowest BCUT2D eigenvalue weighted by molar-refractivity contribution is -0.140. The summed E-state index contributed by atoms with van der Waals surface area (Å²) < 4.78 is 5.39. The number of nitriles is 1. The van der Waals surface area contributed by atoms with Crippen molar-refractivity contribution < 1.29 is 19.1 Å². The van der Waals surface area contributed by atoms with Gasteiger partial charge in [0.25, 0.3) is 5.91 Å². The molecular weight excluding hydrogens is 480 g/mol. The summed E-state index contributed by atoms with van der Waals surface area (Å²) in [5, 5.41) is 15.4. The molecule has 8 heteroatoms. The lowest BCUT2D eigenvalue weighted by atomic mass is 9.98. The molecule has 2 unspecified atom stereocenters. The summed E-state index contributed by atoms with van der Waals surface area (Å²) in [7, 11) is 0. The Bertz CT molecular complexity index is 1160. The van der Waals surface area contributed by atoms with Gasteiger partial charge in [-0.1, -0.05) is 61.9 Å². The summed E-state index contributed by atoms with van der Waals surface area (Å²) in [6.07, 6.45) is -0.431. The normalized spacial score (nSPS) is 12.7. The Labute approximate surface area is 226 Å². The largest absolute Gasteiger partial charge is 0.444 e. The standard InChI is InChI=1S/C30H40N4O4/c1-19(2)18-24(32-29(37)38-30(6,7)8)28(36)34(17-16-31)26(23-14-12-20(3)13-15-23)27(35)33-25-21(4)10-9-11-22(25)5/h9-15,19,24,26H,17-18H2,1-8H3,(H,32,37)(H,33,35). The minimum absolute atomic E-state index is 0.0455. The number of amides is 3. The first-order chi connectivity index (χ1) is 17.7. The Balaban J connectivity index is 2.54. The third-order valence-corrected chi connectivity index (χ3v) is 5.90. The van der Waals surface area contributed by atoms with Crippen LogP contribution in [0.1, 0.15) is 69.3 Å². The number of nitrogens with zero attached hydrogens (tertiary/aromatic N) is 2. The molecule has 2 aromatic carbocycles. The highest BCUT2D eigenvalue weighted by Crippen LogP contribution is 2.27. The molecule has 2 rings (SSSR count). The highest BCUT2D eigenvalue weighted by atomic mass is 16.6. The Hall–Kier alpha value is -3.86. The second kappa shape index (κ2) is 13.1. The van der Waals surface area contributed by atoms with Crippen LogP contribution in [0.2, 0.25) is 0 Å². The van der Waals surface area contributed by atoms with Gasteiger partial charge in [0.2, 0.25) is 5.91 Å². The van der Waals surface area contributed by atoms with Crippen molar-refractivity contribution in [2.24, 2.45) is 5.92 Å². The first-order valence-corrected chi connectivity index (χ1v) is 12.8. The van der Waals surface area contributed by atoms with Gasteiger partial charge in [0.1, 0.15) is 24.2 Å². The molecule has 0 aliphatic heterocycles. The van der Waals surface area contributed by atoms with E-state index in [-0.39, 0.29) is 12.5 Å². The molecule has 0 aliphatic carbocycles. The minimum Gasteiger partial charge on any atom is -0.444 e. The first-order valence-electron chi connectivity index (χ1n) is 12.8. The van der Waals surface area contributed by atoms with Crippen molar-refractivity contribution in [1.82, 2.24) is 10.2 Å². The summed E-state index contributed by atoms with van der Waals surface area (Å²) in [5.74, 6) is -0.937. The second-order valence-corrected chi connectivity index (χ2v) is 11.0. The molecule has 0 saturated heterocycles. The van der Waals surface area contributed by atoms with Crippen molar-refractivity contribution in [3.63, 3.8) is 0 Å². The van der Waals surface area contributed by atoms with Gasteiger partial charge in [0, 0.05) is 5.69 Å². The fourth-order valence-corrected chi connectivity index (χ4v) is 4.14. The van der Waals surface area contributed by atoms with Crippen molar-refractivity contribution in [3.05, 3.63) is 64.7 Å². The predicted octanol–water partition coefficient (Wildman–Crippen LogP) is 5.58. The topological polar surface area (TPSA) is 112 Å². The van der Waals surface area contributed by atoms with Crippen molar-refractivity contribution in [1.29, 1.82) is 5.26 Å². The fraction of sp³-hybridized carbons (Fsp3) is 0.467. The SMILES string of the molecule is Cc1ccc(C(C(=O)Nc2c(C)cccc2C)N(CC#N)C(=O)C(CC(C)C)NC(=O)OC(C)(C)C)cc1. The van der Waals surface area contributed by atoms with E-state index in [1.807, 2.05) is 71.0 Å². The van der Waals surface area contributed by atoms with Gasteiger partial charge in [-0.3, -0.25) is 9.59 Å². The number of nitrogens with one attached hydrogen (secondary N) is 2. The Morgan fingerprint density at radius 2 is 1.58 bits per heavy atom. The van der Waals surface area contributed by atoms with Gasteiger partial charge in [-0.15, -0.1) is 0 Å². The van der Waals surface area contributed by atoms with E-state index in [1.54, 1.807) is 32.9 Å². The quantitative estimate of drug-likeness (QED) is 0.419. The van der Waals surface area contributed by atoms with Gasteiger partial charge in [-0.05, 0) is 70.6 Å². The molecule has 0 saturated carbocycles. The zero-order valence-corrected chi connectivity index (χ0v) is 23.7. The molecule has 0 heterocycles. The van der Waals surface area contributed by atoms with Gasteiger partial charge in [-0.25, -0.2) is 4.79 Å². The number of ether oxygens (including phenoxy) is 1. The van der Waals surface area contributed by atoms with E-state index in [9.17, 15) is 19.6 Å². The van der Waals surface area contributed by atoms with E-state index in [0.717, 1.165) is 16.7 Å². The van der Waals surface area contributed by atoms with E-state index < -0.39 is 35.6 Å². The highest BCUT2D eigenvalue weighted by molar-refractivity contribution is 6.00. The molecule has 3 amide bonds. The van der Waals surface area contributed by atoms with Crippen LogP contribution in [0.3, 0.4) is 0 Å².